The highest BCUT2D eigenvalue weighted by Gasteiger charge is 2.32. The van der Waals surface area contributed by atoms with Crippen molar-refractivity contribution in [3.05, 3.63) is 76.0 Å². The van der Waals surface area contributed by atoms with Gasteiger partial charge in [0.25, 0.3) is 11.5 Å². The molecule has 2 amide bonds. The van der Waals surface area contributed by atoms with Crippen molar-refractivity contribution in [1.29, 1.82) is 0 Å². The molecule has 2 N–H and O–H groups in total. The van der Waals surface area contributed by atoms with Crippen molar-refractivity contribution in [3.63, 3.8) is 0 Å². The summed E-state index contributed by atoms with van der Waals surface area (Å²) in [4.78, 5) is 50.4. The van der Waals surface area contributed by atoms with E-state index in [1.807, 2.05) is 38.1 Å². The summed E-state index contributed by atoms with van der Waals surface area (Å²) in [6.07, 6.45) is 1.75. The van der Waals surface area contributed by atoms with Gasteiger partial charge in [-0.05, 0) is 42.2 Å². The van der Waals surface area contributed by atoms with Crippen molar-refractivity contribution in [3.8, 4) is 17.2 Å². The van der Waals surface area contributed by atoms with Crippen molar-refractivity contribution in [1.82, 2.24) is 34.9 Å². The fraction of sp³-hybridized carbons (Fsp3) is 0.424. The van der Waals surface area contributed by atoms with Crippen LogP contribution in [0, 0.1) is 5.92 Å². The van der Waals surface area contributed by atoms with Gasteiger partial charge in [-0.2, -0.15) is 5.10 Å². The Morgan fingerprint density at radius 1 is 1.09 bits per heavy atom. The van der Waals surface area contributed by atoms with E-state index in [4.69, 9.17) is 14.2 Å². The fourth-order valence-electron chi connectivity index (χ4n) is 5.72. The minimum absolute atomic E-state index is 0.131. The summed E-state index contributed by atoms with van der Waals surface area (Å²) in [5.74, 6) is 1.77. The Balaban J connectivity index is 1.24. The molecule has 13 nitrogen and oxygen atoms in total. The normalized spacial score (nSPS) is 19.5. The molecule has 46 heavy (non-hydrogen) atoms. The van der Waals surface area contributed by atoms with Crippen LogP contribution in [0.3, 0.4) is 0 Å². The molecule has 1 fully saturated rings. The number of amides is 2. The number of aromatic amines is 1. The van der Waals surface area contributed by atoms with E-state index in [0.29, 0.717) is 84.9 Å². The van der Waals surface area contributed by atoms with Gasteiger partial charge in [-0.25, -0.2) is 4.98 Å². The molecule has 2 aliphatic rings. The second-order valence-corrected chi connectivity index (χ2v) is 12.4. The molecule has 0 spiro atoms. The van der Waals surface area contributed by atoms with Crippen LogP contribution in [0.5, 0.6) is 17.2 Å². The van der Waals surface area contributed by atoms with Crippen LogP contribution < -0.4 is 20.3 Å². The van der Waals surface area contributed by atoms with Crippen LogP contribution in [0.15, 0.2) is 53.5 Å². The zero-order valence-electron chi connectivity index (χ0n) is 26.5. The molecule has 13 heteroatoms. The fourth-order valence-corrected chi connectivity index (χ4v) is 5.72. The van der Waals surface area contributed by atoms with Crippen LogP contribution in [-0.2, 0) is 29.7 Å². The Morgan fingerprint density at radius 3 is 2.76 bits per heavy atom. The van der Waals surface area contributed by atoms with E-state index < -0.39 is 0 Å². The molecule has 2 aromatic heterocycles. The number of benzene rings is 2. The number of likely N-dealkylation sites (N-methyl/N-ethyl adjacent to an activating group) is 1. The van der Waals surface area contributed by atoms with Gasteiger partial charge in [0.15, 0.2) is 5.65 Å². The summed E-state index contributed by atoms with van der Waals surface area (Å²) in [6.45, 7) is 6.27. The smallest absolute Gasteiger partial charge is 0.262 e. The van der Waals surface area contributed by atoms with Crippen molar-refractivity contribution in [2.24, 2.45) is 13.0 Å². The van der Waals surface area contributed by atoms with E-state index in [9.17, 15) is 14.4 Å². The molecular weight excluding hydrogens is 590 g/mol. The minimum atomic E-state index is -0.364. The van der Waals surface area contributed by atoms with Crippen LogP contribution >= 0.6 is 0 Å². The highest BCUT2D eigenvalue weighted by molar-refractivity contribution is 5.97. The molecule has 0 aliphatic carbocycles. The lowest BCUT2D eigenvalue weighted by Crippen LogP contribution is -2.56. The maximum atomic E-state index is 13.5. The SMILES string of the molecule is CC(C)COc1cc2cc(c1)C(=O)N(C)CC(=O)N[C@H]1CCN(Cc3nc4c(cnn4C)c(=O)[nH]3)C[C@@H]1OCc1cccc(c1)O2. The second kappa shape index (κ2) is 13.3. The summed E-state index contributed by atoms with van der Waals surface area (Å²) >= 11 is 0. The van der Waals surface area contributed by atoms with Crippen molar-refractivity contribution >= 4 is 22.8 Å². The third-order valence-corrected chi connectivity index (χ3v) is 8.05. The van der Waals surface area contributed by atoms with Gasteiger partial charge in [0.2, 0.25) is 5.91 Å². The summed E-state index contributed by atoms with van der Waals surface area (Å²) in [6, 6.07) is 12.4. The second-order valence-electron chi connectivity index (χ2n) is 12.4. The van der Waals surface area contributed by atoms with Gasteiger partial charge in [-0.1, -0.05) is 26.0 Å². The number of rotatable bonds is 5. The number of aryl methyl sites for hydroxylation is 1. The molecule has 0 radical (unpaired) electrons. The number of piperidine rings is 1. The van der Waals surface area contributed by atoms with E-state index in [2.05, 4.69) is 25.3 Å². The zero-order valence-corrected chi connectivity index (χ0v) is 26.5. The molecule has 2 atom stereocenters. The molecule has 4 aromatic rings. The number of H-pyrrole nitrogens is 1. The highest BCUT2D eigenvalue weighted by atomic mass is 16.5. The first-order valence-corrected chi connectivity index (χ1v) is 15.5. The Kier molecular flexibility index (Phi) is 9.04. The van der Waals surface area contributed by atoms with E-state index >= 15 is 0 Å². The van der Waals surface area contributed by atoms with Gasteiger partial charge in [0.1, 0.15) is 28.5 Å². The molecular formula is C33H39N7O6. The first-order chi connectivity index (χ1) is 22.1. The minimum Gasteiger partial charge on any atom is -0.493 e. The number of hydrogen-bond donors (Lipinski definition) is 2. The standard InChI is InChI=1S/C33H39N7O6/c1-20(2)18-44-24-11-22-12-25(13-24)46-23-7-5-6-21(10-23)19-45-28-15-40(9-8-27(28)35-30(41)17-38(3)33(22)43)16-29-36-31-26(32(42)37-29)14-34-39(31)4/h5-7,10-14,20,27-28H,8-9,15-19H2,1-4H3,(H,35,41)(H,36,37,42)/t27-,28-/m0/s1. The first kappa shape index (κ1) is 31.2. The quantitative estimate of drug-likeness (QED) is 0.341. The number of nitrogens with zero attached hydrogens (tertiary/aromatic N) is 5. The van der Waals surface area contributed by atoms with E-state index in [1.165, 1.54) is 11.1 Å². The number of likely N-dealkylation sites (tertiary alicyclic amines) is 1. The number of carbonyl (C=O) groups excluding carboxylic acids is 2. The predicted molar refractivity (Wildman–Crippen MR) is 170 cm³/mol. The van der Waals surface area contributed by atoms with Gasteiger partial charge in [0.05, 0.1) is 44.6 Å². The number of aromatic nitrogens is 4. The van der Waals surface area contributed by atoms with Crippen LogP contribution in [-0.4, -0.2) is 86.8 Å². The summed E-state index contributed by atoms with van der Waals surface area (Å²) in [5.41, 5.74) is 1.54. The highest BCUT2D eigenvalue weighted by Crippen LogP contribution is 2.30. The topological polar surface area (TPSA) is 144 Å². The Bertz CT molecular complexity index is 1800. The Labute approximate surface area is 266 Å². The predicted octanol–water partition coefficient (Wildman–Crippen LogP) is 2.85. The maximum absolute atomic E-state index is 13.5. The summed E-state index contributed by atoms with van der Waals surface area (Å²) < 4.78 is 20.2. The average molecular weight is 630 g/mol. The molecule has 2 aliphatic heterocycles. The van der Waals surface area contributed by atoms with Crippen LogP contribution in [0.1, 0.15) is 42.0 Å². The lowest BCUT2D eigenvalue weighted by Gasteiger charge is -2.38. The summed E-state index contributed by atoms with van der Waals surface area (Å²) in [5, 5.41) is 7.70. The molecule has 4 heterocycles. The van der Waals surface area contributed by atoms with E-state index in [-0.39, 0.29) is 36.1 Å². The van der Waals surface area contributed by atoms with E-state index in [1.54, 1.807) is 37.0 Å². The third-order valence-electron chi connectivity index (χ3n) is 8.05. The van der Waals surface area contributed by atoms with Gasteiger partial charge >= 0.3 is 0 Å². The van der Waals surface area contributed by atoms with Crippen LogP contribution in [0.4, 0.5) is 0 Å². The number of nitrogens with one attached hydrogen (secondary N) is 2. The zero-order chi connectivity index (χ0) is 32.4. The van der Waals surface area contributed by atoms with Crippen LogP contribution in [0.2, 0.25) is 0 Å². The lowest BCUT2D eigenvalue weighted by atomic mass is 10.0. The van der Waals surface area contributed by atoms with Gasteiger partial charge in [-0.3, -0.25) is 24.0 Å². The van der Waals surface area contributed by atoms with Crippen LogP contribution in [0.25, 0.3) is 11.0 Å². The Hall–Kier alpha value is -4.75. The molecule has 2 aromatic carbocycles. The summed E-state index contributed by atoms with van der Waals surface area (Å²) in [7, 11) is 3.35. The molecule has 1 saturated heterocycles. The Morgan fingerprint density at radius 2 is 1.93 bits per heavy atom. The van der Waals surface area contributed by atoms with Crippen molar-refractivity contribution < 1.29 is 23.8 Å². The van der Waals surface area contributed by atoms with E-state index in [0.717, 1.165) is 5.56 Å². The molecule has 4 bridgehead atoms. The first-order valence-electron chi connectivity index (χ1n) is 15.5. The third kappa shape index (κ3) is 7.21. The maximum Gasteiger partial charge on any atom is 0.262 e. The molecule has 0 unspecified atom stereocenters. The van der Waals surface area contributed by atoms with Gasteiger partial charge in [0, 0.05) is 38.8 Å². The van der Waals surface area contributed by atoms with Gasteiger partial charge in [-0.15, -0.1) is 0 Å². The number of fused-ring (bicyclic) bond motifs is 6. The molecule has 242 valence electrons. The molecule has 6 rings (SSSR count). The average Bonchev–Trinajstić information content (AvgIpc) is 3.40. The lowest BCUT2D eigenvalue weighted by molar-refractivity contribution is -0.125. The largest absolute Gasteiger partial charge is 0.493 e. The number of hydrogen-bond acceptors (Lipinski definition) is 9. The van der Waals surface area contributed by atoms with Crippen molar-refractivity contribution in [2.75, 3.05) is 33.3 Å². The number of carbonyl (C=O) groups is 2. The van der Waals surface area contributed by atoms with Gasteiger partial charge < -0.3 is 29.4 Å². The van der Waals surface area contributed by atoms with Crippen molar-refractivity contribution in [2.45, 2.75) is 45.6 Å². The molecule has 0 saturated carbocycles. The number of ether oxygens (including phenoxy) is 3. The monoisotopic (exact) mass is 629 g/mol.